The van der Waals surface area contributed by atoms with E-state index in [0.29, 0.717) is 0 Å². The van der Waals surface area contributed by atoms with Crippen LogP contribution in [0.4, 0.5) is 0 Å². The van der Waals surface area contributed by atoms with Crippen molar-refractivity contribution < 1.29 is 4.74 Å². The van der Waals surface area contributed by atoms with E-state index in [2.05, 4.69) is 5.10 Å². The van der Waals surface area contributed by atoms with Gasteiger partial charge in [-0.25, -0.2) is 4.52 Å². The lowest BCUT2D eigenvalue weighted by molar-refractivity contribution is 0.417. The quantitative estimate of drug-likeness (QED) is 0.610. The number of rotatable bonds is 1. The SMILES string of the molecule is COc1cccn2nccc12. The Morgan fingerprint density at radius 2 is 2.36 bits per heavy atom. The highest BCUT2D eigenvalue weighted by Crippen LogP contribution is 2.16. The summed E-state index contributed by atoms with van der Waals surface area (Å²) in [6.45, 7) is 0. The molecule has 0 N–H and O–H groups in total. The van der Waals surface area contributed by atoms with Gasteiger partial charge >= 0.3 is 0 Å². The van der Waals surface area contributed by atoms with Gasteiger partial charge in [-0.1, -0.05) is 0 Å². The van der Waals surface area contributed by atoms with Gasteiger partial charge in [0, 0.05) is 6.20 Å². The van der Waals surface area contributed by atoms with E-state index in [4.69, 9.17) is 4.74 Å². The summed E-state index contributed by atoms with van der Waals surface area (Å²) in [5.41, 5.74) is 0.995. The van der Waals surface area contributed by atoms with Crippen LogP contribution in [0, 0.1) is 0 Å². The second-order valence-corrected chi connectivity index (χ2v) is 2.24. The predicted molar refractivity (Wildman–Crippen MR) is 41.7 cm³/mol. The summed E-state index contributed by atoms with van der Waals surface area (Å²) in [5, 5.41) is 4.06. The topological polar surface area (TPSA) is 26.5 Å². The molecule has 11 heavy (non-hydrogen) atoms. The van der Waals surface area contributed by atoms with Crippen molar-refractivity contribution in [3.63, 3.8) is 0 Å². The maximum absolute atomic E-state index is 5.12. The summed E-state index contributed by atoms with van der Waals surface area (Å²) in [6.07, 6.45) is 3.63. The van der Waals surface area contributed by atoms with E-state index in [9.17, 15) is 0 Å². The molecule has 3 heteroatoms. The smallest absolute Gasteiger partial charge is 0.144 e. The van der Waals surface area contributed by atoms with E-state index in [1.165, 1.54) is 0 Å². The second-order valence-electron chi connectivity index (χ2n) is 2.24. The first kappa shape index (κ1) is 6.22. The van der Waals surface area contributed by atoms with E-state index in [-0.39, 0.29) is 0 Å². The summed E-state index contributed by atoms with van der Waals surface area (Å²) in [6, 6.07) is 5.73. The summed E-state index contributed by atoms with van der Waals surface area (Å²) < 4.78 is 6.90. The van der Waals surface area contributed by atoms with Crippen LogP contribution in [0.2, 0.25) is 0 Å². The molecule has 0 aliphatic rings. The fourth-order valence-electron chi connectivity index (χ4n) is 1.10. The van der Waals surface area contributed by atoms with Crippen LogP contribution in [0.25, 0.3) is 5.52 Å². The second kappa shape index (κ2) is 2.27. The lowest BCUT2D eigenvalue weighted by Gasteiger charge is -1.99. The molecular formula is C8H8N2O. The molecule has 0 aliphatic carbocycles. The van der Waals surface area contributed by atoms with Crippen molar-refractivity contribution in [3.05, 3.63) is 30.6 Å². The summed E-state index contributed by atoms with van der Waals surface area (Å²) in [4.78, 5) is 0. The van der Waals surface area contributed by atoms with Gasteiger partial charge in [0.25, 0.3) is 0 Å². The Morgan fingerprint density at radius 3 is 3.18 bits per heavy atom. The van der Waals surface area contributed by atoms with E-state index in [0.717, 1.165) is 11.3 Å². The van der Waals surface area contributed by atoms with Crippen LogP contribution in [0.15, 0.2) is 30.6 Å². The highest BCUT2D eigenvalue weighted by Gasteiger charge is 1.98. The zero-order chi connectivity index (χ0) is 7.68. The Bertz CT molecular complexity index is 367. The van der Waals surface area contributed by atoms with Crippen molar-refractivity contribution in [2.75, 3.05) is 7.11 Å². The van der Waals surface area contributed by atoms with Gasteiger partial charge in [0.05, 0.1) is 13.3 Å². The van der Waals surface area contributed by atoms with Crippen LogP contribution >= 0.6 is 0 Å². The van der Waals surface area contributed by atoms with Gasteiger partial charge in [0.2, 0.25) is 0 Å². The van der Waals surface area contributed by atoms with Crippen molar-refractivity contribution >= 4 is 5.52 Å². The Balaban J connectivity index is 2.79. The average Bonchev–Trinajstić information content (AvgIpc) is 2.50. The van der Waals surface area contributed by atoms with E-state index in [1.807, 2.05) is 24.4 Å². The van der Waals surface area contributed by atoms with Gasteiger partial charge in [0.15, 0.2) is 0 Å². The molecule has 0 bridgehead atoms. The van der Waals surface area contributed by atoms with Crippen LogP contribution in [0.1, 0.15) is 0 Å². The zero-order valence-corrected chi connectivity index (χ0v) is 6.19. The van der Waals surface area contributed by atoms with Crippen LogP contribution in [0.5, 0.6) is 5.75 Å². The van der Waals surface area contributed by atoms with E-state index in [1.54, 1.807) is 17.8 Å². The molecule has 2 rings (SSSR count). The molecule has 3 nitrogen and oxygen atoms in total. The minimum absolute atomic E-state index is 0.852. The molecule has 0 radical (unpaired) electrons. The van der Waals surface area contributed by atoms with Gasteiger partial charge < -0.3 is 4.74 Å². The fourth-order valence-corrected chi connectivity index (χ4v) is 1.10. The lowest BCUT2D eigenvalue weighted by Crippen LogP contribution is -1.89. The van der Waals surface area contributed by atoms with Gasteiger partial charge in [0.1, 0.15) is 11.3 Å². The number of nitrogens with zero attached hydrogens (tertiary/aromatic N) is 2. The van der Waals surface area contributed by atoms with Crippen molar-refractivity contribution in [2.45, 2.75) is 0 Å². The van der Waals surface area contributed by atoms with Crippen LogP contribution in [-0.2, 0) is 0 Å². The first-order valence-electron chi connectivity index (χ1n) is 3.38. The molecule has 0 saturated heterocycles. The molecule has 0 fully saturated rings. The minimum Gasteiger partial charge on any atom is -0.494 e. The minimum atomic E-state index is 0.852. The predicted octanol–water partition coefficient (Wildman–Crippen LogP) is 1.34. The molecule has 2 aromatic heterocycles. The molecule has 0 aromatic carbocycles. The van der Waals surface area contributed by atoms with Gasteiger partial charge in [-0.15, -0.1) is 0 Å². The normalized spacial score (nSPS) is 10.3. The zero-order valence-electron chi connectivity index (χ0n) is 6.19. The van der Waals surface area contributed by atoms with Gasteiger partial charge in [-0.2, -0.15) is 5.10 Å². The molecule has 2 heterocycles. The largest absolute Gasteiger partial charge is 0.494 e. The van der Waals surface area contributed by atoms with Gasteiger partial charge in [-0.3, -0.25) is 0 Å². The average molecular weight is 148 g/mol. The number of ether oxygens (including phenoxy) is 1. The third kappa shape index (κ3) is 0.852. The number of aromatic nitrogens is 2. The summed E-state index contributed by atoms with van der Waals surface area (Å²) in [7, 11) is 1.66. The van der Waals surface area contributed by atoms with Crippen LogP contribution in [0.3, 0.4) is 0 Å². The Hall–Kier alpha value is -1.51. The third-order valence-corrected chi connectivity index (χ3v) is 1.62. The number of hydrogen-bond acceptors (Lipinski definition) is 2. The molecule has 0 amide bonds. The maximum atomic E-state index is 5.12. The number of methoxy groups -OCH3 is 1. The molecule has 0 saturated carbocycles. The third-order valence-electron chi connectivity index (χ3n) is 1.62. The summed E-state index contributed by atoms with van der Waals surface area (Å²) >= 11 is 0. The van der Waals surface area contributed by atoms with Crippen LogP contribution < -0.4 is 4.74 Å². The molecule has 56 valence electrons. The first-order chi connectivity index (χ1) is 5.42. The molecule has 2 aromatic rings. The first-order valence-corrected chi connectivity index (χ1v) is 3.38. The molecular weight excluding hydrogens is 140 g/mol. The van der Waals surface area contributed by atoms with E-state index < -0.39 is 0 Å². The molecule has 0 spiro atoms. The fraction of sp³-hybridized carbons (Fsp3) is 0.125. The molecule has 0 atom stereocenters. The Labute approximate surface area is 64.2 Å². The lowest BCUT2D eigenvalue weighted by atomic mass is 10.4. The molecule has 0 unspecified atom stereocenters. The molecule has 0 aliphatic heterocycles. The van der Waals surface area contributed by atoms with Crippen molar-refractivity contribution in [1.29, 1.82) is 0 Å². The van der Waals surface area contributed by atoms with Crippen LogP contribution in [-0.4, -0.2) is 16.7 Å². The van der Waals surface area contributed by atoms with Gasteiger partial charge in [-0.05, 0) is 18.2 Å². The maximum Gasteiger partial charge on any atom is 0.144 e. The highest BCUT2D eigenvalue weighted by atomic mass is 16.5. The van der Waals surface area contributed by atoms with E-state index >= 15 is 0 Å². The highest BCUT2D eigenvalue weighted by molar-refractivity contribution is 5.58. The Kier molecular flexibility index (Phi) is 1.28. The number of hydrogen-bond donors (Lipinski definition) is 0. The monoisotopic (exact) mass is 148 g/mol. The van der Waals surface area contributed by atoms with Crippen molar-refractivity contribution in [2.24, 2.45) is 0 Å². The number of pyridine rings is 1. The Morgan fingerprint density at radius 1 is 1.45 bits per heavy atom. The summed E-state index contributed by atoms with van der Waals surface area (Å²) in [5.74, 6) is 0.852. The number of fused-ring (bicyclic) bond motifs is 1. The standard InChI is InChI=1S/C8H8N2O/c1-11-8-3-2-6-10-7(8)4-5-9-10/h2-6H,1H3. The van der Waals surface area contributed by atoms with Crippen molar-refractivity contribution in [1.82, 2.24) is 9.61 Å². The van der Waals surface area contributed by atoms with Crippen molar-refractivity contribution in [3.8, 4) is 5.75 Å².